The first kappa shape index (κ1) is 26.3. The van der Waals surface area contributed by atoms with E-state index in [-0.39, 0.29) is 11.7 Å². The number of carbonyl (C=O) groups excluding carboxylic acids is 1. The Hall–Kier alpha value is -4.57. The third kappa shape index (κ3) is 4.81. The Kier molecular flexibility index (Phi) is 6.91. The van der Waals surface area contributed by atoms with E-state index in [2.05, 4.69) is 107 Å². The summed E-state index contributed by atoms with van der Waals surface area (Å²) < 4.78 is 2.21. The number of ketones is 1. The maximum Gasteiger partial charge on any atom is 0.158 e. The van der Waals surface area contributed by atoms with E-state index in [1.807, 2.05) is 24.5 Å². The van der Waals surface area contributed by atoms with Crippen LogP contribution in [-0.2, 0) is 10.3 Å². The second kappa shape index (κ2) is 11.0. The molecule has 42 heavy (non-hydrogen) atoms. The van der Waals surface area contributed by atoms with Crippen LogP contribution in [0.5, 0.6) is 0 Å². The first-order chi connectivity index (χ1) is 20.7. The fourth-order valence-corrected chi connectivity index (χ4v) is 6.89. The van der Waals surface area contributed by atoms with E-state index in [1.54, 1.807) is 12.3 Å². The summed E-state index contributed by atoms with van der Waals surface area (Å²) in [5, 5.41) is 0. The zero-order chi connectivity index (χ0) is 28.4. The molecule has 0 saturated heterocycles. The molecular formula is C38H35N3O. The van der Waals surface area contributed by atoms with Crippen LogP contribution in [0.15, 0.2) is 128 Å². The molecule has 208 valence electrons. The van der Waals surface area contributed by atoms with E-state index in [4.69, 9.17) is 4.98 Å². The molecule has 0 unspecified atom stereocenters. The van der Waals surface area contributed by atoms with Gasteiger partial charge < -0.3 is 4.57 Å². The van der Waals surface area contributed by atoms with Gasteiger partial charge in [0.1, 0.15) is 5.54 Å². The lowest BCUT2D eigenvalue weighted by Gasteiger charge is -2.37. The van der Waals surface area contributed by atoms with E-state index in [1.165, 1.54) is 25.7 Å². The van der Waals surface area contributed by atoms with Crippen molar-refractivity contribution >= 4 is 11.9 Å². The van der Waals surface area contributed by atoms with Crippen LogP contribution in [0.1, 0.15) is 60.9 Å². The summed E-state index contributed by atoms with van der Waals surface area (Å²) in [4.78, 5) is 22.7. The van der Waals surface area contributed by atoms with Gasteiger partial charge in [-0.1, -0.05) is 91.0 Å². The third-order valence-corrected chi connectivity index (χ3v) is 9.47. The number of allylic oxidation sites excluding steroid dienone is 1. The smallest absolute Gasteiger partial charge is 0.158 e. The van der Waals surface area contributed by atoms with Crippen LogP contribution in [0.4, 0.5) is 0 Å². The monoisotopic (exact) mass is 549 g/mol. The zero-order valence-electron chi connectivity index (χ0n) is 23.8. The van der Waals surface area contributed by atoms with Gasteiger partial charge in [-0.15, -0.1) is 0 Å². The number of aromatic nitrogens is 3. The Labute approximate surface area is 247 Å². The lowest BCUT2D eigenvalue weighted by atomic mass is 9.77. The van der Waals surface area contributed by atoms with E-state index in [9.17, 15) is 4.79 Å². The summed E-state index contributed by atoms with van der Waals surface area (Å²) in [6.45, 7) is 0. The Bertz CT molecular complexity index is 1590. The highest BCUT2D eigenvalue weighted by Crippen LogP contribution is 2.57. The number of nitrogens with zero attached hydrogens (tertiary/aromatic N) is 3. The molecule has 2 aromatic heterocycles. The Balaban J connectivity index is 1.28. The molecule has 7 rings (SSSR count). The first-order valence-corrected chi connectivity index (χ1v) is 15.1. The normalized spacial score (nSPS) is 16.6. The van der Waals surface area contributed by atoms with Crippen LogP contribution in [0, 0.1) is 11.3 Å². The molecule has 0 radical (unpaired) electrons. The van der Waals surface area contributed by atoms with Gasteiger partial charge in [0.2, 0.25) is 0 Å². The molecule has 5 aromatic rings. The fourth-order valence-electron chi connectivity index (χ4n) is 6.89. The van der Waals surface area contributed by atoms with Gasteiger partial charge in [0.25, 0.3) is 0 Å². The summed E-state index contributed by atoms with van der Waals surface area (Å²) in [6.07, 6.45) is 16.6. The van der Waals surface area contributed by atoms with Crippen LogP contribution in [-0.4, -0.2) is 20.3 Å². The van der Waals surface area contributed by atoms with Crippen LogP contribution < -0.4 is 0 Å². The van der Waals surface area contributed by atoms with Crippen molar-refractivity contribution in [2.45, 2.75) is 44.1 Å². The van der Waals surface area contributed by atoms with Crippen molar-refractivity contribution in [3.8, 4) is 11.3 Å². The lowest BCUT2D eigenvalue weighted by molar-refractivity contribution is -0.119. The highest BCUT2D eigenvalue weighted by molar-refractivity contribution is 5.96. The molecule has 4 heteroatoms. The van der Waals surface area contributed by atoms with E-state index >= 15 is 0 Å². The summed E-state index contributed by atoms with van der Waals surface area (Å²) in [7, 11) is 0. The van der Waals surface area contributed by atoms with Crippen molar-refractivity contribution < 1.29 is 4.79 Å². The highest BCUT2D eigenvalue weighted by atomic mass is 16.1. The van der Waals surface area contributed by atoms with Gasteiger partial charge in [-0.25, -0.2) is 4.98 Å². The van der Waals surface area contributed by atoms with Crippen molar-refractivity contribution in [1.29, 1.82) is 0 Å². The van der Waals surface area contributed by atoms with Gasteiger partial charge >= 0.3 is 0 Å². The number of benzene rings is 3. The minimum Gasteiger partial charge on any atom is -0.318 e. The standard InChI is InChI=1S/C38H35N3O/c42-36(29-20-22-37(23-21-29)24-25-37)19-18-34-33(17-10-26-39-34)35-27-41(28-40-35)38(30-11-4-1-5-12-30,31-13-6-2-7-14-31)32-15-8-3-9-16-32/h1-19,26-29H,20-25H2/b19-18+. The maximum absolute atomic E-state index is 13.1. The molecule has 4 nitrogen and oxygen atoms in total. The fraction of sp³-hybridized carbons (Fsp3) is 0.237. The van der Waals surface area contributed by atoms with Crippen LogP contribution in [0.3, 0.4) is 0 Å². The highest BCUT2D eigenvalue weighted by Gasteiger charge is 2.45. The predicted molar refractivity (Wildman–Crippen MR) is 168 cm³/mol. The van der Waals surface area contributed by atoms with Crippen LogP contribution in [0.25, 0.3) is 17.3 Å². The molecule has 0 amide bonds. The number of hydrogen-bond donors (Lipinski definition) is 0. The Morgan fingerprint density at radius 3 is 1.86 bits per heavy atom. The van der Waals surface area contributed by atoms with Crippen molar-refractivity contribution in [2.24, 2.45) is 11.3 Å². The summed E-state index contributed by atoms with van der Waals surface area (Å²) in [5.74, 6) is 0.367. The third-order valence-electron chi connectivity index (χ3n) is 9.47. The van der Waals surface area contributed by atoms with Crippen molar-refractivity contribution in [1.82, 2.24) is 14.5 Å². The predicted octanol–water partition coefficient (Wildman–Crippen LogP) is 8.34. The van der Waals surface area contributed by atoms with Crippen molar-refractivity contribution in [3.63, 3.8) is 0 Å². The number of pyridine rings is 1. The molecule has 0 N–H and O–H groups in total. The van der Waals surface area contributed by atoms with Gasteiger partial charge in [0.15, 0.2) is 5.78 Å². The van der Waals surface area contributed by atoms with Crippen LogP contribution >= 0.6 is 0 Å². The van der Waals surface area contributed by atoms with E-state index < -0.39 is 5.54 Å². The quantitative estimate of drug-likeness (QED) is 0.144. The van der Waals surface area contributed by atoms with E-state index in [0.29, 0.717) is 5.41 Å². The first-order valence-electron chi connectivity index (χ1n) is 15.1. The average Bonchev–Trinajstić information content (AvgIpc) is 3.63. The number of hydrogen-bond acceptors (Lipinski definition) is 3. The molecule has 3 aromatic carbocycles. The van der Waals surface area contributed by atoms with Gasteiger partial charge in [-0.05, 0) is 84.9 Å². The Morgan fingerprint density at radius 2 is 1.31 bits per heavy atom. The molecule has 0 bridgehead atoms. The van der Waals surface area contributed by atoms with Crippen LogP contribution in [0.2, 0.25) is 0 Å². The molecule has 2 aliphatic carbocycles. The number of carbonyl (C=O) groups is 1. The number of rotatable bonds is 8. The topological polar surface area (TPSA) is 47.8 Å². The second-order valence-corrected chi connectivity index (χ2v) is 11.9. The Morgan fingerprint density at radius 1 is 0.738 bits per heavy atom. The molecule has 2 saturated carbocycles. The minimum absolute atomic E-state index is 0.141. The van der Waals surface area contributed by atoms with Gasteiger partial charge in [0.05, 0.1) is 17.7 Å². The largest absolute Gasteiger partial charge is 0.318 e. The molecular weight excluding hydrogens is 514 g/mol. The van der Waals surface area contributed by atoms with Crippen molar-refractivity contribution in [2.75, 3.05) is 0 Å². The zero-order valence-corrected chi connectivity index (χ0v) is 23.8. The van der Waals surface area contributed by atoms with Gasteiger partial charge in [-0.3, -0.25) is 9.78 Å². The summed E-state index contributed by atoms with van der Waals surface area (Å²) in [6, 6.07) is 35.7. The van der Waals surface area contributed by atoms with Crippen molar-refractivity contribution in [3.05, 3.63) is 150 Å². The molecule has 0 aliphatic heterocycles. The second-order valence-electron chi connectivity index (χ2n) is 11.9. The molecule has 0 atom stereocenters. The SMILES string of the molecule is O=C(/C=C/c1ncccc1-c1cn(C(c2ccccc2)(c2ccccc2)c2ccccc2)cn1)C1CCC2(CC1)CC2. The summed E-state index contributed by atoms with van der Waals surface area (Å²) >= 11 is 0. The molecule has 2 heterocycles. The number of imidazole rings is 1. The van der Waals surface area contributed by atoms with E-state index in [0.717, 1.165) is 46.5 Å². The minimum atomic E-state index is -0.636. The summed E-state index contributed by atoms with van der Waals surface area (Å²) in [5.41, 5.74) is 5.86. The maximum atomic E-state index is 13.1. The lowest BCUT2D eigenvalue weighted by Crippen LogP contribution is -2.36. The van der Waals surface area contributed by atoms with Gasteiger partial charge in [0, 0.05) is 23.9 Å². The molecule has 1 spiro atoms. The average molecular weight is 550 g/mol. The molecule has 2 fully saturated rings. The van der Waals surface area contributed by atoms with Gasteiger partial charge in [-0.2, -0.15) is 0 Å². The molecule has 2 aliphatic rings.